The largest absolute Gasteiger partial charge is 0.456 e. The lowest BCUT2D eigenvalue weighted by molar-refractivity contribution is -0.147. The van der Waals surface area contributed by atoms with Gasteiger partial charge in [0.25, 0.3) is 5.91 Å². The molecule has 1 N–H and O–H groups in total. The Hall–Kier alpha value is -1.85. The van der Waals surface area contributed by atoms with Gasteiger partial charge in [-0.1, -0.05) is 12.1 Å². The Bertz CT molecular complexity index is 373. The zero-order valence-electron chi connectivity index (χ0n) is 9.28. The SMILES string of the molecule is CCCC(=O)OCC(=O)Nc1cc(C)on1. The molecule has 0 aliphatic heterocycles. The van der Waals surface area contributed by atoms with Crippen LogP contribution >= 0.6 is 0 Å². The van der Waals surface area contributed by atoms with E-state index in [0.29, 0.717) is 24.4 Å². The van der Waals surface area contributed by atoms with Gasteiger partial charge in [0.2, 0.25) is 0 Å². The summed E-state index contributed by atoms with van der Waals surface area (Å²) in [5, 5.41) is 6.01. The summed E-state index contributed by atoms with van der Waals surface area (Å²) in [6.07, 6.45) is 1.01. The first-order chi connectivity index (χ1) is 7.61. The van der Waals surface area contributed by atoms with E-state index in [1.807, 2.05) is 6.92 Å². The number of hydrogen-bond acceptors (Lipinski definition) is 5. The van der Waals surface area contributed by atoms with Crippen LogP contribution in [0, 0.1) is 6.92 Å². The number of aryl methyl sites for hydroxylation is 1. The maximum Gasteiger partial charge on any atom is 0.306 e. The lowest BCUT2D eigenvalue weighted by atomic mass is 10.3. The number of carbonyl (C=O) groups excluding carboxylic acids is 2. The second kappa shape index (κ2) is 5.89. The minimum atomic E-state index is -0.433. The first-order valence-corrected chi connectivity index (χ1v) is 5.00. The monoisotopic (exact) mass is 226 g/mol. The molecular formula is C10H14N2O4. The van der Waals surface area contributed by atoms with Gasteiger partial charge in [-0.2, -0.15) is 0 Å². The second-order valence-electron chi connectivity index (χ2n) is 3.28. The Kier molecular flexibility index (Phi) is 4.50. The summed E-state index contributed by atoms with van der Waals surface area (Å²) in [4.78, 5) is 22.2. The highest BCUT2D eigenvalue weighted by atomic mass is 16.5. The predicted molar refractivity (Wildman–Crippen MR) is 55.7 cm³/mol. The van der Waals surface area contributed by atoms with Crippen molar-refractivity contribution in [3.63, 3.8) is 0 Å². The summed E-state index contributed by atoms with van der Waals surface area (Å²) in [6.45, 7) is 3.27. The quantitative estimate of drug-likeness (QED) is 0.764. The van der Waals surface area contributed by atoms with E-state index < -0.39 is 5.91 Å². The molecule has 0 aromatic carbocycles. The molecule has 0 radical (unpaired) electrons. The highest BCUT2D eigenvalue weighted by molar-refractivity contribution is 5.91. The van der Waals surface area contributed by atoms with Gasteiger partial charge >= 0.3 is 5.97 Å². The van der Waals surface area contributed by atoms with E-state index in [-0.39, 0.29) is 12.6 Å². The smallest absolute Gasteiger partial charge is 0.306 e. The van der Waals surface area contributed by atoms with Crippen molar-refractivity contribution < 1.29 is 18.8 Å². The molecule has 1 aromatic rings. The Morgan fingerprint density at radius 2 is 2.31 bits per heavy atom. The van der Waals surface area contributed by atoms with E-state index in [1.165, 1.54) is 0 Å². The van der Waals surface area contributed by atoms with E-state index in [1.54, 1.807) is 13.0 Å². The zero-order chi connectivity index (χ0) is 12.0. The average molecular weight is 226 g/mol. The van der Waals surface area contributed by atoms with Gasteiger partial charge in [0, 0.05) is 12.5 Å². The number of esters is 1. The molecule has 0 atom stereocenters. The third kappa shape index (κ3) is 4.12. The normalized spacial score (nSPS) is 9.88. The fourth-order valence-electron chi connectivity index (χ4n) is 1.03. The van der Waals surface area contributed by atoms with Crippen molar-refractivity contribution in [2.75, 3.05) is 11.9 Å². The number of hydrogen-bond donors (Lipinski definition) is 1. The van der Waals surface area contributed by atoms with E-state index in [0.717, 1.165) is 0 Å². The van der Waals surface area contributed by atoms with E-state index in [9.17, 15) is 9.59 Å². The van der Waals surface area contributed by atoms with Crippen molar-refractivity contribution in [2.45, 2.75) is 26.7 Å². The Morgan fingerprint density at radius 3 is 2.88 bits per heavy atom. The molecule has 0 unspecified atom stereocenters. The number of aromatic nitrogens is 1. The first kappa shape index (κ1) is 12.2. The average Bonchev–Trinajstić information content (AvgIpc) is 2.61. The molecule has 6 nitrogen and oxygen atoms in total. The van der Waals surface area contributed by atoms with Crippen molar-refractivity contribution in [1.82, 2.24) is 5.16 Å². The molecular weight excluding hydrogens is 212 g/mol. The van der Waals surface area contributed by atoms with Crippen LogP contribution in [0.1, 0.15) is 25.5 Å². The van der Waals surface area contributed by atoms with Crippen LogP contribution in [0.25, 0.3) is 0 Å². The molecule has 0 fully saturated rings. The molecule has 1 amide bonds. The number of amides is 1. The molecule has 0 saturated heterocycles. The lowest BCUT2D eigenvalue weighted by Gasteiger charge is -2.02. The molecule has 0 bridgehead atoms. The van der Waals surface area contributed by atoms with Crippen LogP contribution in [-0.2, 0) is 14.3 Å². The molecule has 0 aliphatic carbocycles. The Balaban J connectivity index is 2.28. The molecule has 6 heteroatoms. The van der Waals surface area contributed by atoms with E-state index in [2.05, 4.69) is 10.5 Å². The van der Waals surface area contributed by atoms with Crippen molar-refractivity contribution in [1.29, 1.82) is 0 Å². The van der Waals surface area contributed by atoms with Crippen LogP contribution < -0.4 is 5.32 Å². The Labute approximate surface area is 92.9 Å². The number of nitrogens with zero attached hydrogens (tertiary/aromatic N) is 1. The van der Waals surface area contributed by atoms with Crippen molar-refractivity contribution in [2.24, 2.45) is 0 Å². The van der Waals surface area contributed by atoms with Gasteiger partial charge in [0.1, 0.15) is 5.76 Å². The summed E-state index contributed by atoms with van der Waals surface area (Å²) in [5.41, 5.74) is 0. The topological polar surface area (TPSA) is 81.4 Å². The van der Waals surface area contributed by atoms with Gasteiger partial charge in [-0.15, -0.1) is 0 Å². The minimum absolute atomic E-state index is 0.301. The molecule has 1 aromatic heterocycles. The summed E-state index contributed by atoms with van der Waals surface area (Å²) in [5.74, 6) is 0.0963. The number of ether oxygens (including phenoxy) is 1. The zero-order valence-corrected chi connectivity index (χ0v) is 9.28. The fraction of sp³-hybridized carbons (Fsp3) is 0.500. The molecule has 0 spiro atoms. The van der Waals surface area contributed by atoms with Crippen molar-refractivity contribution >= 4 is 17.7 Å². The third-order valence-corrected chi connectivity index (χ3v) is 1.71. The highest BCUT2D eigenvalue weighted by Gasteiger charge is 2.08. The van der Waals surface area contributed by atoms with Crippen molar-refractivity contribution in [3.05, 3.63) is 11.8 Å². The number of rotatable bonds is 5. The molecule has 88 valence electrons. The predicted octanol–water partition coefficient (Wildman–Crippen LogP) is 1.26. The van der Waals surface area contributed by atoms with E-state index in [4.69, 9.17) is 9.26 Å². The van der Waals surface area contributed by atoms with Crippen LogP contribution in [0.4, 0.5) is 5.82 Å². The van der Waals surface area contributed by atoms with Gasteiger partial charge in [0.15, 0.2) is 12.4 Å². The summed E-state index contributed by atoms with van der Waals surface area (Å²) < 4.78 is 9.47. The minimum Gasteiger partial charge on any atom is -0.456 e. The Morgan fingerprint density at radius 1 is 1.56 bits per heavy atom. The molecule has 1 rings (SSSR count). The molecule has 1 heterocycles. The maximum absolute atomic E-state index is 11.3. The summed E-state index contributed by atoms with van der Waals surface area (Å²) in [7, 11) is 0. The van der Waals surface area contributed by atoms with Crippen molar-refractivity contribution in [3.8, 4) is 0 Å². The van der Waals surface area contributed by atoms with Gasteiger partial charge < -0.3 is 14.6 Å². The third-order valence-electron chi connectivity index (χ3n) is 1.71. The number of anilines is 1. The second-order valence-corrected chi connectivity index (χ2v) is 3.28. The number of carbonyl (C=O) groups is 2. The van der Waals surface area contributed by atoms with Gasteiger partial charge in [-0.25, -0.2) is 0 Å². The van der Waals surface area contributed by atoms with Crippen LogP contribution in [0.3, 0.4) is 0 Å². The fourth-order valence-corrected chi connectivity index (χ4v) is 1.03. The van der Waals surface area contributed by atoms with Crippen LogP contribution in [-0.4, -0.2) is 23.6 Å². The van der Waals surface area contributed by atoms with Gasteiger partial charge in [-0.3, -0.25) is 9.59 Å². The standard InChI is InChI=1S/C10H14N2O4/c1-3-4-10(14)15-6-9(13)11-8-5-7(2)16-12-8/h5H,3-4,6H2,1-2H3,(H,11,12,13). The first-order valence-electron chi connectivity index (χ1n) is 5.00. The summed E-state index contributed by atoms with van der Waals surface area (Å²) >= 11 is 0. The highest BCUT2D eigenvalue weighted by Crippen LogP contribution is 2.06. The van der Waals surface area contributed by atoms with Crippen LogP contribution in [0.2, 0.25) is 0 Å². The molecule has 16 heavy (non-hydrogen) atoms. The van der Waals surface area contributed by atoms with Crippen LogP contribution in [0.5, 0.6) is 0 Å². The molecule has 0 saturated carbocycles. The van der Waals surface area contributed by atoms with Gasteiger partial charge in [0.05, 0.1) is 0 Å². The maximum atomic E-state index is 11.3. The molecule has 0 aliphatic rings. The van der Waals surface area contributed by atoms with E-state index >= 15 is 0 Å². The van der Waals surface area contributed by atoms with Crippen LogP contribution in [0.15, 0.2) is 10.6 Å². The number of nitrogens with one attached hydrogen (secondary N) is 1. The van der Waals surface area contributed by atoms with Gasteiger partial charge in [-0.05, 0) is 13.3 Å². The lowest BCUT2D eigenvalue weighted by Crippen LogP contribution is -2.20. The summed E-state index contributed by atoms with van der Waals surface area (Å²) in [6, 6.07) is 1.58.